The largest absolute Gasteiger partial charge is 0.274 e. The van der Waals surface area contributed by atoms with Gasteiger partial charge < -0.3 is 0 Å². The van der Waals surface area contributed by atoms with Gasteiger partial charge in [0.25, 0.3) is 5.69 Å². The van der Waals surface area contributed by atoms with Gasteiger partial charge in [-0.1, -0.05) is 97.9 Å². The highest BCUT2D eigenvalue weighted by Crippen LogP contribution is 2.56. The summed E-state index contributed by atoms with van der Waals surface area (Å²) in [6, 6.07) is 32.3. The van der Waals surface area contributed by atoms with Crippen molar-refractivity contribution < 1.29 is 4.92 Å². The Balaban J connectivity index is 2.05. The van der Waals surface area contributed by atoms with Gasteiger partial charge in [0.05, 0.1) is 10.3 Å². The summed E-state index contributed by atoms with van der Waals surface area (Å²) in [5.74, 6) is 0.201. The summed E-state index contributed by atoms with van der Waals surface area (Å²) >= 11 is 0. The average Bonchev–Trinajstić information content (AvgIpc) is 2.81. The molecule has 1 aliphatic carbocycles. The van der Waals surface area contributed by atoms with Gasteiger partial charge in [0.2, 0.25) is 0 Å². The van der Waals surface area contributed by atoms with Crippen LogP contribution in [0, 0.1) is 17.0 Å². The molecule has 0 aromatic heterocycles. The Morgan fingerprint density at radius 1 is 0.677 bits per heavy atom. The number of nitro benzene ring substituents is 1. The van der Waals surface area contributed by atoms with Gasteiger partial charge in [-0.15, -0.1) is 0 Å². The summed E-state index contributed by atoms with van der Waals surface area (Å²) in [5.41, 5.74) is 6.93. The first-order chi connectivity index (χ1) is 15.1. The number of aryl methyl sites for hydroxylation is 1. The molecule has 0 unspecified atom stereocenters. The Kier molecular flexibility index (Phi) is 4.48. The Bertz CT molecular complexity index is 1260. The van der Waals surface area contributed by atoms with E-state index in [9.17, 15) is 10.1 Å². The van der Waals surface area contributed by atoms with Crippen LogP contribution >= 0.6 is 0 Å². The van der Waals surface area contributed by atoms with Crippen LogP contribution in [0.4, 0.5) is 5.69 Å². The van der Waals surface area contributed by atoms with Crippen LogP contribution in [-0.4, -0.2) is 4.92 Å². The summed E-state index contributed by atoms with van der Waals surface area (Å²) in [7, 11) is 0. The Hall–Kier alpha value is -3.72. The molecule has 0 bridgehead atoms. The second kappa shape index (κ2) is 7.21. The zero-order chi connectivity index (χ0) is 21.6. The molecular formula is C28H23NO2. The maximum Gasteiger partial charge on any atom is 0.274 e. The number of fused-ring (bicyclic) bond motifs is 2. The maximum absolute atomic E-state index is 12.2. The fourth-order valence-corrected chi connectivity index (χ4v) is 5.41. The first-order valence-corrected chi connectivity index (χ1v) is 10.6. The zero-order valence-electron chi connectivity index (χ0n) is 17.6. The predicted octanol–water partition coefficient (Wildman–Crippen LogP) is 6.75. The van der Waals surface area contributed by atoms with Crippen molar-refractivity contribution in [1.82, 2.24) is 0 Å². The van der Waals surface area contributed by atoms with Crippen LogP contribution < -0.4 is 0 Å². The second-order valence-corrected chi connectivity index (χ2v) is 8.24. The quantitative estimate of drug-likeness (QED) is 0.279. The molecule has 0 heterocycles. The van der Waals surface area contributed by atoms with Crippen molar-refractivity contribution in [3.8, 4) is 0 Å². The molecule has 0 amide bonds. The highest BCUT2D eigenvalue weighted by molar-refractivity contribution is 5.72. The smallest absolute Gasteiger partial charge is 0.258 e. The molecule has 0 N–H and O–H groups in total. The molecule has 0 spiro atoms. The lowest BCUT2D eigenvalue weighted by atomic mass is 9.57. The number of benzene rings is 4. The Labute approximate surface area is 182 Å². The molecule has 152 valence electrons. The van der Waals surface area contributed by atoms with Crippen LogP contribution in [0.25, 0.3) is 0 Å². The van der Waals surface area contributed by atoms with E-state index in [0.29, 0.717) is 5.56 Å². The summed E-state index contributed by atoms with van der Waals surface area (Å²) in [5, 5.41) is 12.2. The predicted molar refractivity (Wildman–Crippen MR) is 124 cm³/mol. The van der Waals surface area contributed by atoms with Crippen molar-refractivity contribution in [2.24, 2.45) is 0 Å². The van der Waals surface area contributed by atoms with Gasteiger partial charge in [0.15, 0.2) is 0 Å². The molecular weight excluding hydrogens is 382 g/mol. The van der Waals surface area contributed by atoms with Gasteiger partial charge in [-0.3, -0.25) is 10.1 Å². The normalized spacial score (nSPS) is 19.4. The van der Waals surface area contributed by atoms with Gasteiger partial charge in [-0.25, -0.2) is 0 Å². The summed E-state index contributed by atoms with van der Waals surface area (Å²) in [6.45, 7) is 4.31. The number of rotatable bonds is 3. The second-order valence-electron chi connectivity index (χ2n) is 8.24. The van der Waals surface area contributed by atoms with E-state index in [2.05, 4.69) is 62.4 Å². The lowest BCUT2D eigenvalue weighted by Crippen LogP contribution is -2.38. The van der Waals surface area contributed by atoms with E-state index in [1.165, 1.54) is 11.1 Å². The first-order valence-electron chi connectivity index (χ1n) is 10.6. The van der Waals surface area contributed by atoms with Crippen molar-refractivity contribution >= 4 is 5.69 Å². The lowest BCUT2D eigenvalue weighted by Gasteiger charge is -2.44. The van der Waals surface area contributed by atoms with Crippen LogP contribution in [0.3, 0.4) is 0 Å². The number of para-hydroxylation sites is 1. The molecule has 3 nitrogen and oxygen atoms in total. The minimum Gasteiger partial charge on any atom is -0.258 e. The molecule has 5 rings (SSSR count). The highest BCUT2D eigenvalue weighted by atomic mass is 16.6. The number of nitrogens with zero attached hydrogens (tertiary/aromatic N) is 1. The van der Waals surface area contributed by atoms with E-state index in [-0.39, 0.29) is 16.5 Å². The summed E-state index contributed by atoms with van der Waals surface area (Å²) < 4.78 is 0. The minimum atomic E-state index is -0.769. The van der Waals surface area contributed by atoms with Crippen molar-refractivity contribution in [3.63, 3.8) is 0 Å². The molecule has 4 aromatic carbocycles. The first kappa shape index (κ1) is 19.3. The van der Waals surface area contributed by atoms with Crippen LogP contribution in [0.2, 0.25) is 0 Å². The van der Waals surface area contributed by atoms with E-state index >= 15 is 0 Å². The van der Waals surface area contributed by atoms with Crippen molar-refractivity contribution in [3.05, 3.63) is 146 Å². The SMILES string of the molecule is Cc1ccccc1C1(c2ccccc2[N+](=O)[O-])c2ccccc2C(C)c2ccccc21. The third kappa shape index (κ3) is 2.66. The number of nitro groups is 1. The van der Waals surface area contributed by atoms with Crippen molar-refractivity contribution in [2.75, 3.05) is 0 Å². The number of hydrogen-bond donors (Lipinski definition) is 0. The monoisotopic (exact) mass is 405 g/mol. The standard InChI is InChI=1S/C28H23NO2/c1-19-11-3-6-14-23(19)28(26-17-9-10-18-27(26)29(30)31)24-15-7-4-12-21(24)20(2)22-13-5-8-16-25(22)28/h3-18,20H,1-2H3. The van der Waals surface area contributed by atoms with E-state index in [1.807, 2.05) is 36.4 Å². The Morgan fingerprint density at radius 3 is 1.68 bits per heavy atom. The van der Waals surface area contributed by atoms with Crippen molar-refractivity contribution in [1.29, 1.82) is 0 Å². The third-order valence-corrected chi connectivity index (χ3v) is 6.72. The maximum atomic E-state index is 12.2. The molecule has 0 aliphatic heterocycles. The minimum absolute atomic E-state index is 0.143. The molecule has 3 heteroatoms. The summed E-state index contributed by atoms with van der Waals surface area (Å²) in [4.78, 5) is 12.0. The van der Waals surface area contributed by atoms with Gasteiger partial charge in [-0.2, -0.15) is 0 Å². The van der Waals surface area contributed by atoms with Crippen LogP contribution in [0.15, 0.2) is 97.1 Å². The molecule has 0 saturated heterocycles. The van der Waals surface area contributed by atoms with Gasteiger partial charge in [0, 0.05) is 17.5 Å². The molecule has 31 heavy (non-hydrogen) atoms. The summed E-state index contributed by atoms with van der Waals surface area (Å²) in [6.07, 6.45) is 0. The van der Waals surface area contributed by atoms with Crippen LogP contribution in [0.1, 0.15) is 51.8 Å². The zero-order valence-corrected chi connectivity index (χ0v) is 17.6. The van der Waals surface area contributed by atoms with E-state index in [0.717, 1.165) is 22.3 Å². The van der Waals surface area contributed by atoms with Crippen LogP contribution in [-0.2, 0) is 5.41 Å². The third-order valence-electron chi connectivity index (χ3n) is 6.72. The molecule has 4 aromatic rings. The van der Waals surface area contributed by atoms with Crippen LogP contribution in [0.5, 0.6) is 0 Å². The Morgan fingerprint density at radius 2 is 1.13 bits per heavy atom. The van der Waals surface area contributed by atoms with E-state index < -0.39 is 5.41 Å². The lowest BCUT2D eigenvalue weighted by molar-refractivity contribution is -0.385. The molecule has 0 radical (unpaired) electrons. The molecule has 0 atom stereocenters. The highest BCUT2D eigenvalue weighted by Gasteiger charge is 2.48. The molecule has 0 fully saturated rings. The van der Waals surface area contributed by atoms with Gasteiger partial charge >= 0.3 is 0 Å². The van der Waals surface area contributed by atoms with Gasteiger partial charge in [-0.05, 0) is 40.3 Å². The average molecular weight is 405 g/mol. The van der Waals surface area contributed by atoms with E-state index in [1.54, 1.807) is 12.1 Å². The molecule has 0 saturated carbocycles. The molecule has 1 aliphatic rings. The fraction of sp³-hybridized carbons (Fsp3) is 0.143. The fourth-order valence-electron chi connectivity index (χ4n) is 5.41. The number of hydrogen-bond acceptors (Lipinski definition) is 2. The van der Waals surface area contributed by atoms with Crippen molar-refractivity contribution in [2.45, 2.75) is 25.2 Å². The van der Waals surface area contributed by atoms with E-state index in [4.69, 9.17) is 0 Å². The van der Waals surface area contributed by atoms with Gasteiger partial charge in [0.1, 0.15) is 0 Å². The topological polar surface area (TPSA) is 43.1 Å².